The van der Waals surface area contributed by atoms with Crippen LogP contribution in [0.1, 0.15) is 112 Å². The molecule has 0 atom stereocenters. The van der Waals surface area contributed by atoms with Gasteiger partial charge in [-0.25, -0.2) is 6.08 Å². The van der Waals surface area contributed by atoms with Gasteiger partial charge in [-0.05, 0) is 10.8 Å². The van der Waals surface area contributed by atoms with Gasteiger partial charge < -0.3 is 0 Å². The zero-order chi connectivity index (χ0) is 27.4. The van der Waals surface area contributed by atoms with Crippen molar-refractivity contribution >= 4 is 24.8 Å². The Balaban J connectivity index is 0.000000194. The summed E-state index contributed by atoms with van der Waals surface area (Å²) in [5.41, 5.74) is 4.96. The van der Waals surface area contributed by atoms with E-state index in [1.54, 1.807) is 27.4 Å². The fourth-order valence-electron chi connectivity index (χ4n) is 4.85. The van der Waals surface area contributed by atoms with Crippen LogP contribution in [0.3, 0.4) is 0 Å². The first-order valence-corrected chi connectivity index (χ1v) is 15.4. The van der Waals surface area contributed by atoms with E-state index in [0.29, 0.717) is 5.41 Å². The monoisotopic (exact) mass is 570 g/mol. The van der Waals surface area contributed by atoms with Gasteiger partial charge in [0.05, 0.1) is 0 Å². The van der Waals surface area contributed by atoms with Crippen molar-refractivity contribution in [3.63, 3.8) is 0 Å². The summed E-state index contributed by atoms with van der Waals surface area (Å²) in [4.78, 5) is 0. The van der Waals surface area contributed by atoms with Crippen molar-refractivity contribution in [1.29, 1.82) is 0 Å². The van der Waals surface area contributed by atoms with Gasteiger partial charge in [0.15, 0.2) is 0 Å². The van der Waals surface area contributed by atoms with Crippen molar-refractivity contribution in [2.45, 2.75) is 112 Å². The van der Waals surface area contributed by atoms with Crippen molar-refractivity contribution in [1.82, 2.24) is 0 Å². The third kappa shape index (κ3) is 8.52. The number of fused-ring (bicyclic) bond motifs is 3. The van der Waals surface area contributed by atoms with Crippen LogP contribution in [0.25, 0.3) is 21.5 Å². The van der Waals surface area contributed by atoms with Crippen LogP contribution in [0, 0.1) is 11.5 Å². The normalized spacial score (nSPS) is 16.3. The molecule has 0 amide bonds. The van der Waals surface area contributed by atoms with E-state index in [1.165, 1.54) is 70.3 Å². The van der Waals surface area contributed by atoms with Crippen LogP contribution in [0.4, 0.5) is 0 Å². The molecule has 0 aliphatic heterocycles. The Morgan fingerprint density at radius 3 is 1.46 bits per heavy atom. The predicted molar refractivity (Wildman–Crippen MR) is 163 cm³/mol. The molecular weight excluding hydrogens is 524 g/mol. The average molecular weight is 572 g/mol. The first-order chi connectivity index (χ1) is 17.2. The van der Waals surface area contributed by atoms with Gasteiger partial charge in [-0.1, -0.05) is 103 Å². The Bertz CT molecular complexity index is 1200. The van der Waals surface area contributed by atoms with Crippen molar-refractivity contribution < 1.29 is 24.2 Å². The first-order valence-electron chi connectivity index (χ1n) is 14.1. The van der Waals surface area contributed by atoms with Crippen LogP contribution in [-0.4, -0.2) is 3.21 Å². The second-order valence-corrected chi connectivity index (χ2v) is 15.6. The molecule has 37 heavy (non-hydrogen) atoms. The molecule has 0 heterocycles. The van der Waals surface area contributed by atoms with Crippen LogP contribution in [0.2, 0.25) is 0 Å². The van der Waals surface area contributed by atoms with Crippen LogP contribution in [-0.2, 0) is 35.1 Å². The summed E-state index contributed by atoms with van der Waals surface area (Å²) in [6.45, 7) is 20.3. The van der Waals surface area contributed by atoms with E-state index < -0.39 is 0 Å². The summed E-state index contributed by atoms with van der Waals surface area (Å²) >= 11 is 1.69. The van der Waals surface area contributed by atoms with Gasteiger partial charge in [0.25, 0.3) is 0 Å². The molecule has 3 aromatic carbocycles. The Kier molecular flexibility index (Phi) is 9.89. The van der Waals surface area contributed by atoms with Crippen LogP contribution in [0.5, 0.6) is 0 Å². The van der Waals surface area contributed by atoms with Gasteiger partial charge in [-0.3, -0.25) is 6.08 Å². The van der Waals surface area contributed by atoms with Gasteiger partial charge >= 0.3 is 59.5 Å². The van der Waals surface area contributed by atoms with E-state index in [-0.39, 0.29) is 10.8 Å². The average Bonchev–Trinajstić information content (AvgIpc) is 3.47. The SMILES string of the molecule is CC(C)(C)C1=CC[C-]=C1.CC(C)(C)c1ccc2c(c1)[cH-]c1cc(C(C)(C)C)ccc12.[Zr+2]=[C]1CCCCC1. The van der Waals surface area contributed by atoms with Crippen molar-refractivity contribution in [2.24, 2.45) is 5.41 Å². The molecule has 0 bridgehead atoms. The van der Waals surface area contributed by atoms with E-state index in [2.05, 4.69) is 123 Å². The fraction of sp³-hybridized carbons (Fsp3) is 0.500. The summed E-state index contributed by atoms with van der Waals surface area (Å²) in [6.07, 6.45) is 15.8. The van der Waals surface area contributed by atoms with Gasteiger partial charge in [0.1, 0.15) is 0 Å². The second-order valence-electron chi connectivity index (χ2n) is 13.9. The molecule has 0 saturated heterocycles. The number of hydrogen-bond donors (Lipinski definition) is 0. The van der Waals surface area contributed by atoms with Crippen molar-refractivity contribution in [3.05, 3.63) is 77.4 Å². The van der Waals surface area contributed by atoms with Gasteiger partial charge in [-0.2, -0.15) is 11.6 Å². The van der Waals surface area contributed by atoms with Crippen LogP contribution < -0.4 is 0 Å². The molecule has 3 aromatic rings. The maximum atomic E-state index is 3.16. The molecule has 5 rings (SSSR count). The number of benzene rings is 2. The maximum absolute atomic E-state index is 3.16. The quantitative estimate of drug-likeness (QED) is 0.235. The van der Waals surface area contributed by atoms with Gasteiger partial charge in [0, 0.05) is 0 Å². The third-order valence-electron chi connectivity index (χ3n) is 7.46. The van der Waals surface area contributed by atoms with E-state index in [9.17, 15) is 0 Å². The molecule has 2 aliphatic rings. The zero-order valence-corrected chi connectivity index (χ0v) is 27.4. The summed E-state index contributed by atoms with van der Waals surface area (Å²) < 4.78 is 1.80. The van der Waals surface area contributed by atoms with E-state index in [1.807, 2.05) is 0 Å². The summed E-state index contributed by atoms with van der Waals surface area (Å²) in [7, 11) is 0. The molecule has 0 nitrogen and oxygen atoms in total. The molecule has 0 N–H and O–H groups in total. The Hall–Kier alpha value is -1.46. The van der Waals surface area contributed by atoms with Crippen molar-refractivity contribution in [2.75, 3.05) is 0 Å². The molecular formula is C36H48Zr. The van der Waals surface area contributed by atoms with E-state index in [0.717, 1.165) is 6.42 Å². The van der Waals surface area contributed by atoms with Gasteiger partial charge in [0.2, 0.25) is 0 Å². The molecule has 0 unspecified atom stereocenters. The summed E-state index contributed by atoms with van der Waals surface area (Å²) in [5, 5.41) is 5.48. The Labute approximate surface area is 242 Å². The topological polar surface area (TPSA) is 0 Å². The molecule has 0 radical (unpaired) electrons. The Morgan fingerprint density at radius 2 is 1.16 bits per heavy atom. The predicted octanol–water partition coefficient (Wildman–Crippen LogP) is 10.7. The summed E-state index contributed by atoms with van der Waals surface area (Å²) in [6, 6.07) is 16.2. The van der Waals surface area contributed by atoms with E-state index >= 15 is 0 Å². The first kappa shape index (κ1) is 30.1. The van der Waals surface area contributed by atoms with Gasteiger partial charge in [-0.15, -0.1) is 46.2 Å². The molecule has 0 spiro atoms. The van der Waals surface area contributed by atoms with Crippen LogP contribution >= 0.6 is 0 Å². The molecule has 2 aliphatic carbocycles. The molecule has 196 valence electrons. The number of hydrogen-bond acceptors (Lipinski definition) is 0. The zero-order valence-electron chi connectivity index (χ0n) is 24.9. The minimum absolute atomic E-state index is 0.203. The van der Waals surface area contributed by atoms with Crippen LogP contribution in [0.15, 0.2) is 60.2 Å². The van der Waals surface area contributed by atoms with Crippen molar-refractivity contribution in [3.8, 4) is 0 Å². The molecule has 1 heteroatoms. The summed E-state index contributed by atoms with van der Waals surface area (Å²) in [5.74, 6) is 0. The standard InChI is InChI=1S/C21H25.C9H13.C6H10.Zr/c1-20(2,3)16-7-9-18-14(12-16)11-15-13-17(21(4,5)6)8-10-19(15)18;1-9(2,3)8-6-4-5-7-8;1-2-4-6-5-3-1;/h7-13H,1-6H3;6-7H,4H2,1-3H3;1-5H2;/q2*-1;;+2. The molecule has 1 saturated carbocycles. The third-order valence-corrected chi connectivity index (χ3v) is 8.69. The minimum atomic E-state index is 0.203. The number of allylic oxidation sites excluding steroid dienone is 4. The second kappa shape index (κ2) is 12.2. The fourth-order valence-corrected chi connectivity index (χ4v) is 5.72. The number of rotatable bonds is 0. The van der Waals surface area contributed by atoms with E-state index in [4.69, 9.17) is 0 Å². The molecule has 1 fully saturated rings. The Morgan fingerprint density at radius 1 is 0.676 bits per heavy atom. The molecule has 0 aromatic heterocycles.